The molecular weight excluding hydrogens is 350 g/mol. The van der Waals surface area contributed by atoms with Gasteiger partial charge in [0.25, 0.3) is 0 Å². The van der Waals surface area contributed by atoms with E-state index in [-0.39, 0.29) is 11.6 Å². The second kappa shape index (κ2) is 7.53. The summed E-state index contributed by atoms with van der Waals surface area (Å²) in [7, 11) is 0. The highest BCUT2D eigenvalue weighted by Crippen LogP contribution is 2.29. The standard InChI is InChI=1S/C24H19NO3/c1-16(26)17-11-13-19(14-12-17)28-24(18-7-3-2-4-8-18)23(27)21-15-25-22-10-6-5-9-20(21)22/h2-15,24-25H,1H3. The van der Waals surface area contributed by atoms with Gasteiger partial charge in [-0.25, -0.2) is 0 Å². The predicted molar refractivity (Wildman–Crippen MR) is 109 cm³/mol. The number of H-pyrrole nitrogens is 1. The van der Waals surface area contributed by atoms with Crippen LogP contribution in [-0.2, 0) is 0 Å². The lowest BCUT2D eigenvalue weighted by Crippen LogP contribution is -2.19. The van der Waals surface area contributed by atoms with E-state index < -0.39 is 6.10 Å². The lowest BCUT2D eigenvalue weighted by molar-refractivity contribution is 0.0793. The number of rotatable bonds is 6. The van der Waals surface area contributed by atoms with Crippen molar-refractivity contribution in [3.05, 3.63) is 102 Å². The third-order valence-electron chi connectivity index (χ3n) is 4.71. The maximum atomic E-state index is 13.4. The fraction of sp³-hybridized carbons (Fsp3) is 0.0833. The number of hydrogen-bond acceptors (Lipinski definition) is 3. The van der Waals surface area contributed by atoms with Gasteiger partial charge in [-0.2, -0.15) is 0 Å². The van der Waals surface area contributed by atoms with E-state index in [0.717, 1.165) is 16.5 Å². The summed E-state index contributed by atoms with van der Waals surface area (Å²) in [4.78, 5) is 28.0. The van der Waals surface area contributed by atoms with Crippen molar-refractivity contribution in [3.63, 3.8) is 0 Å². The average Bonchev–Trinajstić information content (AvgIpc) is 3.17. The molecule has 4 nitrogen and oxygen atoms in total. The van der Waals surface area contributed by atoms with Gasteiger partial charge < -0.3 is 9.72 Å². The molecule has 28 heavy (non-hydrogen) atoms. The zero-order valence-electron chi connectivity index (χ0n) is 15.4. The first kappa shape index (κ1) is 17.7. The van der Waals surface area contributed by atoms with Gasteiger partial charge in [-0.3, -0.25) is 9.59 Å². The van der Waals surface area contributed by atoms with Gasteiger partial charge in [0.15, 0.2) is 11.9 Å². The third-order valence-corrected chi connectivity index (χ3v) is 4.71. The first-order valence-corrected chi connectivity index (χ1v) is 9.06. The van der Waals surface area contributed by atoms with Crippen LogP contribution in [0.25, 0.3) is 10.9 Å². The van der Waals surface area contributed by atoms with E-state index in [9.17, 15) is 9.59 Å². The molecule has 0 aliphatic carbocycles. The lowest BCUT2D eigenvalue weighted by atomic mass is 9.99. The summed E-state index contributed by atoms with van der Waals surface area (Å²) < 4.78 is 6.10. The van der Waals surface area contributed by atoms with Crippen molar-refractivity contribution in [1.29, 1.82) is 0 Å². The van der Waals surface area contributed by atoms with E-state index in [1.807, 2.05) is 54.6 Å². The van der Waals surface area contributed by atoms with Crippen LogP contribution in [0.5, 0.6) is 5.75 Å². The second-order valence-electron chi connectivity index (χ2n) is 6.60. The highest BCUT2D eigenvalue weighted by molar-refractivity contribution is 6.10. The van der Waals surface area contributed by atoms with Gasteiger partial charge in [-0.05, 0) is 37.3 Å². The zero-order chi connectivity index (χ0) is 19.5. The van der Waals surface area contributed by atoms with Crippen LogP contribution in [-0.4, -0.2) is 16.6 Å². The SMILES string of the molecule is CC(=O)c1ccc(OC(C(=O)c2c[nH]c3ccccc23)c2ccccc2)cc1. The van der Waals surface area contributed by atoms with Crippen molar-refractivity contribution in [2.24, 2.45) is 0 Å². The molecule has 0 radical (unpaired) electrons. The molecule has 3 aromatic carbocycles. The molecule has 0 saturated heterocycles. The molecule has 0 fully saturated rings. The molecule has 138 valence electrons. The molecule has 1 unspecified atom stereocenters. The summed E-state index contributed by atoms with van der Waals surface area (Å²) in [5.41, 5.74) is 2.87. The van der Waals surface area contributed by atoms with E-state index in [2.05, 4.69) is 4.98 Å². The van der Waals surface area contributed by atoms with Crippen LogP contribution >= 0.6 is 0 Å². The van der Waals surface area contributed by atoms with Crippen LogP contribution in [0, 0.1) is 0 Å². The zero-order valence-corrected chi connectivity index (χ0v) is 15.4. The Hall–Kier alpha value is -3.66. The average molecular weight is 369 g/mol. The molecule has 1 aromatic heterocycles. The van der Waals surface area contributed by atoms with Crippen LogP contribution in [0.2, 0.25) is 0 Å². The van der Waals surface area contributed by atoms with E-state index in [1.54, 1.807) is 30.5 Å². The number of benzene rings is 3. The molecule has 0 aliphatic rings. The number of ketones is 2. The summed E-state index contributed by atoms with van der Waals surface area (Å²) >= 11 is 0. The number of nitrogens with one attached hydrogen (secondary N) is 1. The van der Waals surface area contributed by atoms with Crippen molar-refractivity contribution >= 4 is 22.5 Å². The largest absolute Gasteiger partial charge is 0.478 e. The minimum absolute atomic E-state index is 0.0129. The van der Waals surface area contributed by atoms with Crippen molar-refractivity contribution < 1.29 is 14.3 Å². The lowest BCUT2D eigenvalue weighted by Gasteiger charge is -2.18. The molecular formula is C24H19NO3. The van der Waals surface area contributed by atoms with Crippen molar-refractivity contribution in [1.82, 2.24) is 4.98 Å². The number of carbonyl (C=O) groups excluding carboxylic acids is 2. The highest BCUT2D eigenvalue weighted by Gasteiger charge is 2.26. The number of hydrogen-bond donors (Lipinski definition) is 1. The quantitative estimate of drug-likeness (QED) is 0.465. The van der Waals surface area contributed by atoms with Crippen molar-refractivity contribution in [2.45, 2.75) is 13.0 Å². The van der Waals surface area contributed by atoms with Gasteiger partial charge in [-0.15, -0.1) is 0 Å². The van der Waals surface area contributed by atoms with Gasteiger partial charge >= 0.3 is 0 Å². The number of aromatic amines is 1. The summed E-state index contributed by atoms with van der Waals surface area (Å²) in [5, 5.41) is 0.865. The minimum atomic E-state index is -0.788. The molecule has 0 bridgehead atoms. The van der Waals surface area contributed by atoms with Crippen molar-refractivity contribution in [2.75, 3.05) is 0 Å². The highest BCUT2D eigenvalue weighted by atomic mass is 16.5. The summed E-state index contributed by atoms with van der Waals surface area (Å²) in [6.45, 7) is 1.52. The second-order valence-corrected chi connectivity index (χ2v) is 6.60. The summed E-state index contributed by atoms with van der Waals surface area (Å²) in [6.07, 6.45) is 0.939. The molecule has 0 spiro atoms. The number of para-hydroxylation sites is 1. The van der Waals surface area contributed by atoms with Gasteiger partial charge in [0.05, 0.1) is 0 Å². The Labute approximate surface area is 162 Å². The Morgan fingerprint density at radius 3 is 2.25 bits per heavy atom. The van der Waals surface area contributed by atoms with E-state index in [1.165, 1.54) is 6.92 Å². The summed E-state index contributed by atoms with van der Waals surface area (Å²) in [6, 6.07) is 24.0. The fourth-order valence-electron chi connectivity index (χ4n) is 3.22. The van der Waals surface area contributed by atoms with Gasteiger partial charge in [0.1, 0.15) is 5.75 Å². The topological polar surface area (TPSA) is 59.2 Å². The smallest absolute Gasteiger partial charge is 0.210 e. The Balaban J connectivity index is 1.71. The molecule has 4 heteroatoms. The van der Waals surface area contributed by atoms with Crippen molar-refractivity contribution in [3.8, 4) is 5.75 Å². The number of ether oxygens (including phenoxy) is 1. The Kier molecular flexibility index (Phi) is 4.77. The number of Topliss-reactive ketones (excluding diaryl/α,β-unsaturated/α-hetero) is 2. The van der Waals surface area contributed by atoms with E-state index in [0.29, 0.717) is 16.9 Å². The first-order valence-electron chi connectivity index (χ1n) is 9.06. The Morgan fingerprint density at radius 2 is 1.54 bits per heavy atom. The van der Waals surface area contributed by atoms with E-state index >= 15 is 0 Å². The van der Waals surface area contributed by atoms with Crippen LogP contribution in [0.3, 0.4) is 0 Å². The third kappa shape index (κ3) is 3.45. The molecule has 0 amide bonds. The number of aromatic nitrogens is 1. The molecule has 4 aromatic rings. The van der Waals surface area contributed by atoms with Crippen LogP contribution in [0.1, 0.15) is 39.3 Å². The number of carbonyl (C=O) groups is 2. The Morgan fingerprint density at radius 1 is 0.857 bits per heavy atom. The molecule has 1 heterocycles. The van der Waals surface area contributed by atoms with Crippen LogP contribution < -0.4 is 4.74 Å². The molecule has 0 aliphatic heterocycles. The fourth-order valence-corrected chi connectivity index (χ4v) is 3.22. The molecule has 1 N–H and O–H groups in total. The van der Waals surface area contributed by atoms with E-state index in [4.69, 9.17) is 4.74 Å². The van der Waals surface area contributed by atoms with Gasteiger partial charge in [0, 0.05) is 33.8 Å². The maximum absolute atomic E-state index is 13.4. The first-order chi connectivity index (χ1) is 13.6. The monoisotopic (exact) mass is 369 g/mol. The van der Waals surface area contributed by atoms with Crippen LogP contribution in [0.15, 0.2) is 85.1 Å². The van der Waals surface area contributed by atoms with Crippen LogP contribution in [0.4, 0.5) is 0 Å². The summed E-state index contributed by atoms with van der Waals surface area (Å²) in [5.74, 6) is 0.396. The predicted octanol–water partition coefficient (Wildman–Crippen LogP) is 5.37. The maximum Gasteiger partial charge on any atom is 0.210 e. The van der Waals surface area contributed by atoms with Gasteiger partial charge in [-0.1, -0.05) is 48.5 Å². The Bertz CT molecular complexity index is 1130. The molecule has 1 atom stereocenters. The number of fused-ring (bicyclic) bond motifs is 1. The molecule has 4 rings (SSSR count). The van der Waals surface area contributed by atoms with Gasteiger partial charge in [0.2, 0.25) is 5.78 Å². The normalized spacial score (nSPS) is 11.9. The minimum Gasteiger partial charge on any atom is -0.478 e. The molecule has 0 saturated carbocycles.